The van der Waals surface area contributed by atoms with Gasteiger partial charge in [0, 0.05) is 5.69 Å². The highest BCUT2D eigenvalue weighted by atomic mass is 32.1. The minimum Gasteiger partial charge on any atom is -0.324 e. The van der Waals surface area contributed by atoms with Crippen molar-refractivity contribution in [3.05, 3.63) is 23.2 Å². The lowest BCUT2D eigenvalue weighted by Crippen LogP contribution is -2.54. The molecule has 1 aromatic heterocycles. The minimum atomic E-state index is -0.839. The van der Waals surface area contributed by atoms with Gasteiger partial charge in [-0.15, -0.1) is 11.3 Å². The predicted molar refractivity (Wildman–Crippen MR) is 104 cm³/mol. The molecule has 1 saturated heterocycles. The Bertz CT molecular complexity index is 940. The van der Waals surface area contributed by atoms with Crippen molar-refractivity contribution in [3.8, 4) is 0 Å². The van der Waals surface area contributed by atoms with E-state index in [1.165, 1.54) is 0 Å². The first-order valence-corrected chi connectivity index (χ1v) is 10.0. The van der Waals surface area contributed by atoms with Crippen LogP contribution in [0.25, 0.3) is 10.2 Å². The van der Waals surface area contributed by atoms with E-state index in [0.717, 1.165) is 39.4 Å². The number of nitrogens with one attached hydrogen (secondary N) is 2. The maximum atomic E-state index is 12.9. The fraction of sp³-hybridized carbons (Fsp3) is 0.474. The number of anilines is 1. The van der Waals surface area contributed by atoms with Gasteiger partial charge < -0.3 is 10.6 Å². The molecule has 1 saturated carbocycles. The Labute approximate surface area is 161 Å². The molecular weight excluding hydrogens is 364 g/mol. The molecule has 0 unspecified atom stereocenters. The van der Waals surface area contributed by atoms with E-state index in [-0.39, 0.29) is 24.3 Å². The van der Waals surface area contributed by atoms with Crippen molar-refractivity contribution in [2.45, 2.75) is 45.1 Å². The van der Waals surface area contributed by atoms with Gasteiger partial charge in [-0.05, 0) is 43.9 Å². The van der Waals surface area contributed by atoms with Crippen molar-refractivity contribution in [3.63, 3.8) is 0 Å². The van der Waals surface area contributed by atoms with Gasteiger partial charge in [-0.2, -0.15) is 0 Å². The van der Waals surface area contributed by atoms with Crippen LogP contribution in [0, 0.1) is 12.8 Å². The lowest BCUT2D eigenvalue weighted by Gasteiger charge is -2.36. The van der Waals surface area contributed by atoms with E-state index in [9.17, 15) is 14.4 Å². The number of nitrogens with zero attached hydrogens (tertiary/aromatic N) is 2. The first-order chi connectivity index (χ1) is 12.9. The van der Waals surface area contributed by atoms with Crippen molar-refractivity contribution in [1.29, 1.82) is 0 Å². The molecule has 1 aromatic carbocycles. The van der Waals surface area contributed by atoms with Gasteiger partial charge >= 0.3 is 6.03 Å². The molecule has 0 bridgehead atoms. The number of hydrogen-bond acceptors (Lipinski definition) is 5. The molecule has 142 valence electrons. The summed E-state index contributed by atoms with van der Waals surface area (Å²) in [5.41, 5.74) is 0.677. The molecule has 2 aromatic rings. The number of amides is 4. The zero-order valence-electron chi connectivity index (χ0n) is 15.4. The number of imide groups is 1. The highest BCUT2D eigenvalue weighted by molar-refractivity contribution is 7.18. The van der Waals surface area contributed by atoms with Gasteiger partial charge in [0.05, 0.1) is 15.2 Å². The molecule has 0 radical (unpaired) electrons. The SMILES string of the molecule is Cc1nc2ccc(NC(=O)CN3C(=O)N[C@]4(CCCC[C@H]4C)C3=O)cc2s1. The molecule has 27 heavy (non-hydrogen) atoms. The van der Waals surface area contributed by atoms with Crippen molar-refractivity contribution in [2.24, 2.45) is 5.92 Å². The van der Waals surface area contributed by atoms with E-state index >= 15 is 0 Å². The van der Waals surface area contributed by atoms with Crippen LogP contribution >= 0.6 is 11.3 Å². The van der Waals surface area contributed by atoms with E-state index in [2.05, 4.69) is 15.6 Å². The number of thiazole rings is 1. The summed E-state index contributed by atoms with van der Waals surface area (Å²) in [7, 11) is 0. The lowest BCUT2D eigenvalue weighted by atomic mass is 9.73. The number of rotatable bonds is 3. The average Bonchev–Trinajstić information content (AvgIpc) is 3.10. The van der Waals surface area contributed by atoms with Crippen LogP contribution in [0.4, 0.5) is 10.5 Å². The highest BCUT2D eigenvalue weighted by Gasteiger charge is 2.55. The number of benzene rings is 1. The normalized spacial score (nSPS) is 25.3. The first-order valence-electron chi connectivity index (χ1n) is 9.20. The van der Waals surface area contributed by atoms with Crippen LogP contribution in [0.1, 0.15) is 37.6 Å². The van der Waals surface area contributed by atoms with Crippen LogP contribution in [0.15, 0.2) is 18.2 Å². The Balaban J connectivity index is 1.47. The number of hydrogen-bond donors (Lipinski definition) is 2. The lowest BCUT2D eigenvalue weighted by molar-refractivity contribution is -0.136. The fourth-order valence-electron chi connectivity index (χ4n) is 4.10. The quantitative estimate of drug-likeness (QED) is 0.793. The summed E-state index contributed by atoms with van der Waals surface area (Å²) in [4.78, 5) is 43.2. The molecule has 2 atom stereocenters. The molecule has 4 amide bonds. The fourth-order valence-corrected chi connectivity index (χ4v) is 4.97. The van der Waals surface area contributed by atoms with Crippen LogP contribution in [-0.2, 0) is 9.59 Å². The van der Waals surface area contributed by atoms with Crippen LogP contribution in [0.2, 0.25) is 0 Å². The zero-order chi connectivity index (χ0) is 19.2. The molecule has 7 nitrogen and oxygen atoms in total. The van der Waals surface area contributed by atoms with Gasteiger partial charge in [-0.3, -0.25) is 14.5 Å². The van der Waals surface area contributed by atoms with Crippen molar-refractivity contribution < 1.29 is 14.4 Å². The summed E-state index contributed by atoms with van der Waals surface area (Å²) in [5.74, 6) is -0.587. The molecule has 1 aliphatic carbocycles. The molecule has 8 heteroatoms. The van der Waals surface area contributed by atoms with Crippen LogP contribution < -0.4 is 10.6 Å². The number of carbonyl (C=O) groups is 3. The zero-order valence-corrected chi connectivity index (χ0v) is 16.2. The molecule has 2 N–H and O–H groups in total. The Hall–Kier alpha value is -2.48. The van der Waals surface area contributed by atoms with Crippen molar-refractivity contribution in [2.75, 3.05) is 11.9 Å². The first kappa shape index (κ1) is 17.9. The molecule has 1 spiro atoms. The Morgan fingerprint density at radius 2 is 2.22 bits per heavy atom. The number of carbonyl (C=O) groups excluding carboxylic acids is 3. The number of aryl methyl sites for hydroxylation is 1. The third kappa shape index (κ3) is 3.07. The number of urea groups is 1. The third-order valence-corrected chi connectivity index (χ3v) is 6.52. The second-order valence-electron chi connectivity index (χ2n) is 7.40. The molecular formula is C19H22N4O3S. The average molecular weight is 386 g/mol. The third-order valence-electron chi connectivity index (χ3n) is 5.58. The van der Waals surface area contributed by atoms with Crippen LogP contribution in [0.5, 0.6) is 0 Å². The summed E-state index contributed by atoms with van der Waals surface area (Å²) in [6.45, 7) is 3.65. The van der Waals surface area contributed by atoms with Gasteiger partial charge in [0.1, 0.15) is 12.1 Å². The van der Waals surface area contributed by atoms with E-state index < -0.39 is 11.6 Å². The van der Waals surface area contributed by atoms with E-state index in [4.69, 9.17) is 0 Å². The topological polar surface area (TPSA) is 91.4 Å². The molecule has 2 heterocycles. The van der Waals surface area contributed by atoms with Crippen LogP contribution in [0.3, 0.4) is 0 Å². The Morgan fingerprint density at radius 3 is 3.00 bits per heavy atom. The molecule has 2 aliphatic rings. The molecule has 4 rings (SSSR count). The van der Waals surface area contributed by atoms with Gasteiger partial charge in [-0.25, -0.2) is 9.78 Å². The van der Waals surface area contributed by atoms with Gasteiger partial charge in [-0.1, -0.05) is 19.8 Å². The van der Waals surface area contributed by atoms with Gasteiger partial charge in [0.2, 0.25) is 5.91 Å². The summed E-state index contributed by atoms with van der Waals surface area (Å²) >= 11 is 1.55. The van der Waals surface area contributed by atoms with Gasteiger partial charge in [0.15, 0.2) is 0 Å². The summed E-state index contributed by atoms with van der Waals surface area (Å²) in [5, 5.41) is 6.60. The standard InChI is InChI=1S/C19H22N4O3S/c1-11-5-3-4-8-19(11)17(25)23(18(26)22-19)10-16(24)21-13-6-7-14-15(9-13)27-12(2)20-14/h6-7,9,11H,3-5,8,10H2,1-2H3,(H,21,24)(H,22,26)/t11-,19+/m1/s1. The van der Waals surface area contributed by atoms with E-state index in [1.807, 2.05) is 26.0 Å². The smallest absolute Gasteiger partial charge is 0.324 e. The Morgan fingerprint density at radius 1 is 1.41 bits per heavy atom. The predicted octanol–water partition coefficient (Wildman–Crippen LogP) is 3.04. The molecule has 2 fully saturated rings. The monoisotopic (exact) mass is 386 g/mol. The summed E-state index contributed by atoms with van der Waals surface area (Å²) in [6.07, 6.45) is 3.51. The summed E-state index contributed by atoms with van der Waals surface area (Å²) in [6, 6.07) is 5.00. The largest absolute Gasteiger partial charge is 0.325 e. The Kier molecular flexibility index (Phi) is 4.38. The number of aromatic nitrogens is 1. The van der Waals surface area contributed by atoms with Crippen molar-refractivity contribution >= 4 is 45.1 Å². The summed E-state index contributed by atoms with van der Waals surface area (Å²) < 4.78 is 0.982. The molecule has 1 aliphatic heterocycles. The second-order valence-corrected chi connectivity index (χ2v) is 8.64. The highest BCUT2D eigenvalue weighted by Crippen LogP contribution is 2.38. The van der Waals surface area contributed by atoms with E-state index in [0.29, 0.717) is 12.1 Å². The van der Waals surface area contributed by atoms with E-state index in [1.54, 1.807) is 17.4 Å². The van der Waals surface area contributed by atoms with Crippen LogP contribution in [-0.4, -0.2) is 39.8 Å². The maximum absolute atomic E-state index is 12.9. The van der Waals surface area contributed by atoms with Crippen molar-refractivity contribution in [1.82, 2.24) is 15.2 Å². The number of fused-ring (bicyclic) bond motifs is 1. The van der Waals surface area contributed by atoms with Gasteiger partial charge in [0.25, 0.3) is 5.91 Å². The second kappa shape index (κ2) is 6.60. The maximum Gasteiger partial charge on any atom is 0.325 e. The minimum absolute atomic E-state index is 0.0766.